The Morgan fingerprint density at radius 1 is 1.38 bits per heavy atom. The van der Waals surface area contributed by atoms with Gasteiger partial charge >= 0.3 is 0 Å². The molecule has 0 aromatic carbocycles. The minimum Gasteiger partial charge on any atom is -0.319 e. The molecule has 1 aliphatic rings. The van der Waals surface area contributed by atoms with Crippen LogP contribution < -0.4 is 5.32 Å². The average molecular weight is 238 g/mol. The fourth-order valence-corrected chi connectivity index (χ4v) is 3.84. The summed E-state index contributed by atoms with van der Waals surface area (Å²) < 4.78 is 0. The summed E-state index contributed by atoms with van der Waals surface area (Å²) in [6.07, 6.45) is 8.12. The summed E-state index contributed by atoms with van der Waals surface area (Å²) in [5.74, 6) is 0. The third-order valence-electron chi connectivity index (χ3n) is 3.66. The van der Waals surface area contributed by atoms with Gasteiger partial charge in [0.2, 0.25) is 0 Å². The van der Waals surface area contributed by atoms with Crippen LogP contribution in [0.2, 0.25) is 0 Å². The Hall–Kier alpha value is -0.410. The number of hydrogen-bond acceptors (Lipinski definition) is 3. The van der Waals surface area contributed by atoms with Gasteiger partial charge in [-0.25, -0.2) is 4.98 Å². The minimum absolute atomic E-state index is 0.483. The summed E-state index contributed by atoms with van der Waals surface area (Å²) >= 11 is 1.83. The van der Waals surface area contributed by atoms with Crippen molar-refractivity contribution < 1.29 is 0 Å². The fraction of sp³-hybridized carbons (Fsp3) is 0.769. The van der Waals surface area contributed by atoms with Gasteiger partial charge in [0.25, 0.3) is 0 Å². The molecule has 1 aromatic rings. The zero-order valence-electron chi connectivity index (χ0n) is 10.4. The van der Waals surface area contributed by atoms with E-state index in [-0.39, 0.29) is 0 Å². The Morgan fingerprint density at radius 2 is 2.12 bits per heavy atom. The maximum Gasteiger partial charge on any atom is 0.0934 e. The molecule has 2 rings (SSSR count). The second-order valence-corrected chi connectivity index (χ2v) is 6.09. The van der Waals surface area contributed by atoms with Gasteiger partial charge in [0.15, 0.2) is 0 Å². The lowest BCUT2D eigenvalue weighted by Crippen LogP contribution is -2.36. The van der Waals surface area contributed by atoms with E-state index in [2.05, 4.69) is 29.7 Å². The minimum atomic E-state index is 0.483. The third kappa shape index (κ3) is 2.83. The van der Waals surface area contributed by atoms with Crippen LogP contribution in [-0.2, 0) is 6.42 Å². The number of rotatable bonds is 4. The van der Waals surface area contributed by atoms with Crippen molar-refractivity contribution in [2.24, 2.45) is 5.41 Å². The molecule has 1 N–H and O–H groups in total. The van der Waals surface area contributed by atoms with E-state index in [1.54, 1.807) is 0 Å². The Morgan fingerprint density at radius 3 is 2.69 bits per heavy atom. The van der Waals surface area contributed by atoms with Crippen LogP contribution in [0.15, 0.2) is 5.38 Å². The quantitative estimate of drug-likeness (QED) is 0.871. The second-order valence-electron chi connectivity index (χ2n) is 5.15. The Labute approximate surface area is 102 Å². The zero-order valence-corrected chi connectivity index (χ0v) is 11.2. The lowest BCUT2D eigenvalue weighted by molar-refractivity contribution is 0.185. The van der Waals surface area contributed by atoms with Gasteiger partial charge in [-0.3, -0.25) is 0 Å². The molecular formula is C13H22N2S. The normalized spacial score (nSPS) is 19.9. The molecule has 3 heteroatoms. The van der Waals surface area contributed by atoms with Gasteiger partial charge in [0.1, 0.15) is 0 Å². The molecule has 1 heterocycles. The fourth-order valence-electron chi connectivity index (χ4n) is 2.90. The largest absolute Gasteiger partial charge is 0.319 e. The Bertz CT molecular complexity index is 321. The van der Waals surface area contributed by atoms with Crippen molar-refractivity contribution in [2.75, 3.05) is 13.6 Å². The first-order chi connectivity index (χ1) is 7.74. The first-order valence-electron chi connectivity index (χ1n) is 6.30. The molecule has 90 valence electrons. The average Bonchev–Trinajstić information content (AvgIpc) is 2.65. The van der Waals surface area contributed by atoms with E-state index >= 15 is 0 Å². The van der Waals surface area contributed by atoms with Crippen LogP contribution in [0.4, 0.5) is 0 Å². The van der Waals surface area contributed by atoms with Crippen molar-refractivity contribution in [1.82, 2.24) is 10.3 Å². The molecule has 0 atom stereocenters. The van der Waals surface area contributed by atoms with Gasteiger partial charge in [0.05, 0.1) is 5.01 Å². The molecule has 0 radical (unpaired) electrons. The van der Waals surface area contributed by atoms with Gasteiger partial charge in [-0.1, -0.05) is 19.3 Å². The van der Waals surface area contributed by atoms with Crippen LogP contribution in [0.3, 0.4) is 0 Å². The molecule has 1 fully saturated rings. The number of aromatic nitrogens is 1. The number of nitrogens with one attached hydrogen (secondary N) is 1. The van der Waals surface area contributed by atoms with E-state index in [0.717, 1.165) is 6.54 Å². The topological polar surface area (TPSA) is 24.9 Å². The Kier molecular flexibility index (Phi) is 3.98. The van der Waals surface area contributed by atoms with Crippen molar-refractivity contribution in [1.29, 1.82) is 0 Å². The Balaban J connectivity index is 2.06. The van der Waals surface area contributed by atoms with E-state index < -0.39 is 0 Å². The van der Waals surface area contributed by atoms with Crippen molar-refractivity contribution in [2.45, 2.75) is 45.4 Å². The molecule has 16 heavy (non-hydrogen) atoms. The number of aryl methyl sites for hydroxylation is 1. The molecule has 0 bridgehead atoms. The number of nitrogens with zero attached hydrogens (tertiary/aromatic N) is 1. The molecule has 0 saturated heterocycles. The maximum atomic E-state index is 4.62. The van der Waals surface area contributed by atoms with E-state index in [1.165, 1.54) is 49.2 Å². The van der Waals surface area contributed by atoms with Crippen LogP contribution in [-0.4, -0.2) is 18.6 Å². The third-order valence-corrected chi connectivity index (χ3v) is 4.63. The highest BCUT2D eigenvalue weighted by Crippen LogP contribution is 2.39. The standard InChI is InChI=1S/C13H22N2S/c1-11-9-16-12(15-11)8-13(10-14-2)6-4-3-5-7-13/h9,14H,3-8,10H2,1-2H3. The molecule has 1 saturated carbocycles. The van der Waals surface area contributed by atoms with E-state index in [4.69, 9.17) is 0 Å². The zero-order chi connectivity index (χ0) is 11.4. The van der Waals surface area contributed by atoms with E-state index in [9.17, 15) is 0 Å². The lowest BCUT2D eigenvalue weighted by atomic mass is 9.72. The van der Waals surface area contributed by atoms with E-state index in [0.29, 0.717) is 5.41 Å². The van der Waals surface area contributed by atoms with Crippen LogP contribution >= 0.6 is 11.3 Å². The van der Waals surface area contributed by atoms with Gasteiger partial charge < -0.3 is 5.32 Å². The first kappa shape index (κ1) is 12.1. The monoisotopic (exact) mass is 238 g/mol. The molecule has 2 nitrogen and oxygen atoms in total. The van der Waals surface area contributed by atoms with Crippen LogP contribution in [0, 0.1) is 12.3 Å². The van der Waals surface area contributed by atoms with Gasteiger partial charge in [-0.15, -0.1) is 11.3 Å². The predicted molar refractivity (Wildman–Crippen MR) is 70.0 cm³/mol. The highest BCUT2D eigenvalue weighted by molar-refractivity contribution is 7.09. The molecule has 0 amide bonds. The van der Waals surface area contributed by atoms with Crippen molar-refractivity contribution in [3.63, 3.8) is 0 Å². The van der Waals surface area contributed by atoms with Gasteiger partial charge in [-0.05, 0) is 32.2 Å². The molecule has 0 unspecified atom stereocenters. The van der Waals surface area contributed by atoms with Gasteiger partial charge in [-0.2, -0.15) is 0 Å². The van der Waals surface area contributed by atoms with Gasteiger partial charge in [0, 0.05) is 24.0 Å². The summed E-state index contributed by atoms with van der Waals surface area (Å²) in [6.45, 7) is 3.23. The summed E-state index contributed by atoms with van der Waals surface area (Å²) in [5.41, 5.74) is 1.66. The van der Waals surface area contributed by atoms with Crippen LogP contribution in [0.25, 0.3) is 0 Å². The highest BCUT2D eigenvalue weighted by atomic mass is 32.1. The molecular weight excluding hydrogens is 216 g/mol. The predicted octanol–water partition coefficient (Wildman–Crippen LogP) is 3.16. The SMILES string of the molecule is CNCC1(Cc2nc(C)cs2)CCCCC1. The molecule has 0 aliphatic heterocycles. The number of thiazole rings is 1. The van der Waals surface area contributed by atoms with E-state index in [1.807, 2.05) is 11.3 Å². The summed E-state index contributed by atoms with van der Waals surface area (Å²) in [4.78, 5) is 4.62. The summed E-state index contributed by atoms with van der Waals surface area (Å²) in [7, 11) is 2.07. The van der Waals surface area contributed by atoms with Crippen molar-refractivity contribution in [3.8, 4) is 0 Å². The lowest BCUT2D eigenvalue weighted by Gasteiger charge is -2.36. The first-order valence-corrected chi connectivity index (χ1v) is 7.18. The molecule has 0 spiro atoms. The smallest absolute Gasteiger partial charge is 0.0934 e. The second kappa shape index (κ2) is 5.28. The molecule has 1 aromatic heterocycles. The van der Waals surface area contributed by atoms with Crippen LogP contribution in [0.5, 0.6) is 0 Å². The molecule has 1 aliphatic carbocycles. The van der Waals surface area contributed by atoms with Crippen LogP contribution in [0.1, 0.15) is 42.8 Å². The summed E-state index contributed by atoms with van der Waals surface area (Å²) in [5, 5.41) is 6.88. The van der Waals surface area contributed by atoms with Crippen molar-refractivity contribution >= 4 is 11.3 Å². The maximum absolute atomic E-state index is 4.62. The summed E-state index contributed by atoms with van der Waals surface area (Å²) in [6, 6.07) is 0. The highest BCUT2D eigenvalue weighted by Gasteiger charge is 2.32. The van der Waals surface area contributed by atoms with Crippen molar-refractivity contribution in [3.05, 3.63) is 16.1 Å². The number of hydrogen-bond donors (Lipinski definition) is 1.